The molecular weight excluding hydrogens is 260 g/mol. The van der Waals surface area contributed by atoms with Gasteiger partial charge in [-0.2, -0.15) is 0 Å². The monoisotopic (exact) mass is 276 g/mol. The van der Waals surface area contributed by atoms with Crippen LogP contribution >= 0.6 is 11.8 Å². The second kappa shape index (κ2) is 5.48. The predicted molar refractivity (Wildman–Crippen MR) is 77.9 cm³/mol. The molecule has 0 saturated carbocycles. The number of aldehydes is 1. The standard InChI is InChI=1S/C14H16N2O2S/c1-9(2)19-11-6-4-10(5-7-11)13-12(8-17)14(18)16(3)15-13/h4-9,15H,1-3H3. The van der Waals surface area contributed by atoms with Gasteiger partial charge in [-0.25, -0.2) is 0 Å². The lowest BCUT2D eigenvalue weighted by molar-refractivity contribution is 0.112. The Balaban J connectivity index is 2.40. The molecule has 1 aromatic carbocycles. The number of carbonyl (C=O) groups excluding carboxylic acids is 1. The van der Waals surface area contributed by atoms with Crippen molar-refractivity contribution in [2.45, 2.75) is 24.0 Å². The Morgan fingerprint density at radius 3 is 2.42 bits per heavy atom. The van der Waals surface area contributed by atoms with Crippen molar-refractivity contribution in [3.63, 3.8) is 0 Å². The molecule has 0 saturated heterocycles. The molecule has 2 rings (SSSR count). The minimum absolute atomic E-state index is 0.173. The minimum Gasteiger partial charge on any atom is -0.298 e. The molecule has 0 aliphatic carbocycles. The molecule has 2 aromatic rings. The topological polar surface area (TPSA) is 54.9 Å². The van der Waals surface area contributed by atoms with E-state index in [4.69, 9.17) is 0 Å². The number of benzene rings is 1. The third-order valence-corrected chi connectivity index (χ3v) is 3.73. The lowest BCUT2D eigenvalue weighted by atomic mass is 10.1. The molecule has 0 radical (unpaired) electrons. The number of H-pyrrole nitrogens is 1. The fourth-order valence-corrected chi connectivity index (χ4v) is 2.71. The van der Waals surface area contributed by atoms with Crippen molar-refractivity contribution in [3.8, 4) is 11.3 Å². The van der Waals surface area contributed by atoms with E-state index in [1.807, 2.05) is 24.3 Å². The van der Waals surface area contributed by atoms with Crippen LogP contribution in [0.3, 0.4) is 0 Å². The fraction of sp³-hybridized carbons (Fsp3) is 0.286. The van der Waals surface area contributed by atoms with Crippen molar-refractivity contribution in [2.75, 3.05) is 0 Å². The molecular formula is C14H16N2O2S. The summed E-state index contributed by atoms with van der Waals surface area (Å²) in [5.41, 5.74) is 1.29. The van der Waals surface area contributed by atoms with Crippen molar-refractivity contribution < 1.29 is 4.79 Å². The van der Waals surface area contributed by atoms with Gasteiger partial charge in [-0.1, -0.05) is 26.0 Å². The predicted octanol–water partition coefficient (Wildman–Crippen LogP) is 2.69. The number of hydrogen-bond acceptors (Lipinski definition) is 3. The van der Waals surface area contributed by atoms with E-state index < -0.39 is 0 Å². The summed E-state index contributed by atoms with van der Waals surface area (Å²) < 4.78 is 1.32. The Hall–Kier alpha value is -1.75. The van der Waals surface area contributed by atoms with Gasteiger partial charge < -0.3 is 0 Å². The first-order chi connectivity index (χ1) is 9.02. The van der Waals surface area contributed by atoms with Crippen LogP contribution in [0.15, 0.2) is 34.0 Å². The van der Waals surface area contributed by atoms with Crippen LogP contribution in [0.25, 0.3) is 11.3 Å². The number of rotatable bonds is 4. The van der Waals surface area contributed by atoms with Crippen LogP contribution in [-0.4, -0.2) is 21.3 Å². The van der Waals surface area contributed by atoms with Gasteiger partial charge in [0.05, 0.1) is 5.69 Å². The number of hydrogen-bond donors (Lipinski definition) is 1. The van der Waals surface area contributed by atoms with Crippen molar-refractivity contribution >= 4 is 18.0 Å². The summed E-state index contributed by atoms with van der Waals surface area (Å²) >= 11 is 1.77. The smallest absolute Gasteiger partial charge is 0.277 e. The Morgan fingerprint density at radius 2 is 1.89 bits per heavy atom. The van der Waals surface area contributed by atoms with E-state index in [-0.39, 0.29) is 11.1 Å². The van der Waals surface area contributed by atoms with E-state index in [9.17, 15) is 9.59 Å². The molecule has 0 unspecified atom stereocenters. The molecule has 4 nitrogen and oxygen atoms in total. The molecule has 1 heterocycles. The maximum Gasteiger partial charge on any atom is 0.277 e. The highest BCUT2D eigenvalue weighted by molar-refractivity contribution is 7.99. The summed E-state index contributed by atoms with van der Waals surface area (Å²) in [6.07, 6.45) is 0.602. The van der Waals surface area contributed by atoms with E-state index in [0.29, 0.717) is 17.2 Å². The zero-order valence-corrected chi connectivity index (χ0v) is 12.0. The number of thioether (sulfide) groups is 1. The maximum atomic E-state index is 11.7. The van der Waals surface area contributed by atoms with Gasteiger partial charge >= 0.3 is 0 Å². The summed E-state index contributed by atoms with van der Waals surface area (Å²) in [5, 5.41) is 3.43. The number of nitrogens with one attached hydrogen (secondary N) is 1. The van der Waals surface area contributed by atoms with E-state index in [1.54, 1.807) is 18.8 Å². The summed E-state index contributed by atoms with van der Waals surface area (Å²) in [5.74, 6) is 0. The highest BCUT2D eigenvalue weighted by Gasteiger charge is 2.13. The van der Waals surface area contributed by atoms with Crippen LogP contribution in [0.5, 0.6) is 0 Å². The van der Waals surface area contributed by atoms with Gasteiger partial charge in [0.25, 0.3) is 5.56 Å². The third kappa shape index (κ3) is 2.81. The summed E-state index contributed by atoms with van der Waals surface area (Å²) in [6.45, 7) is 4.27. The van der Waals surface area contributed by atoms with E-state index in [1.165, 1.54) is 9.58 Å². The number of aromatic nitrogens is 2. The molecule has 0 amide bonds. The molecule has 19 heavy (non-hydrogen) atoms. The number of nitrogens with zero attached hydrogens (tertiary/aromatic N) is 1. The Morgan fingerprint density at radius 1 is 1.26 bits per heavy atom. The van der Waals surface area contributed by atoms with E-state index in [0.717, 1.165) is 5.56 Å². The van der Waals surface area contributed by atoms with E-state index >= 15 is 0 Å². The van der Waals surface area contributed by atoms with E-state index in [2.05, 4.69) is 18.9 Å². The first-order valence-corrected chi connectivity index (χ1v) is 6.92. The summed E-state index contributed by atoms with van der Waals surface area (Å²) in [4.78, 5) is 23.9. The number of aromatic amines is 1. The highest BCUT2D eigenvalue weighted by Crippen LogP contribution is 2.26. The lowest BCUT2D eigenvalue weighted by Gasteiger charge is -2.05. The average molecular weight is 276 g/mol. The number of carbonyl (C=O) groups is 1. The molecule has 5 heteroatoms. The lowest BCUT2D eigenvalue weighted by Crippen LogP contribution is -2.14. The largest absolute Gasteiger partial charge is 0.298 e. The van der Waals surface area contributed by atoms with Gasteiger partial charge in [-0.15, -0.1) is 11.8 Å². The highest BCUT2D eigenvalue weighted by atomic mass is 32.2. The zero-order valence-electron chi connectivity index (χ0n) is 11.1. The molecule has 0 spiro atoms. The van der Waals surface area contributed by atoms with Crippen molar-refractivity contribution in [3.05, 3.63) is 40.2 Å². The quantitative estimate of drug-likeness (QED) is 0.690. The van der Waals surface area contributed by atoms with Crippen LogP contribution < -0.4 is 5.56 Å². The maximum absolute atomic E-state index is 11.7. The molecule has 0 aliphatic heterocycles. The van der Waals surface area contributed by atoms with Crippen LogP contribution in [-0.2, 0) is 7.05 Å². The molecule has 1 N–H and O–H groups in total. The summed E-state index contributed by atoms with van der Waals surface area (Å²) in [7, 11) is 1.60. The SMILES string of the molecule is CC(C)Sc1ccc(-c2[nH]n(C)c(=O)c2C=O)cc1. The first kappa shape index (κ1) is 13.7. The normalized spacial score (nSPS) is 10.9. The second-order valence-electron chi connectivity index (χ2n) is 4.57. The minimum atomic E-state index is -0.300. The van der Waals surface area contributed by atoms with Crippen LogP contribution in [0.1, 0.15) is 24.2 Å². The molecule has 0 bridgehead atoms. The van der Waals surface area contributed by atoms with Crippen LogP contribution in [0, 0.1) is 0 Å². The van der Waals surface area contributed by atoms with Gasteiger partial charge in [0.15, 0.2) is 6.29 Å². The average Bonchev–Trinajstić information content (AvgIpc) is 2.65. The van der Waals surface area contributed by atoms with Gasteiger partial charge in [0, 0.05) is 22.8 Å². The molecule has 0 atom stereocenters. The Labute approximate surface area is 115 Å². The fourth-order valence-electron chi connectivity index (χ4n) is 1.87. The number of aryl methyl sites for hydroxylation is 1. The Bertz CT molecular complexity index is 638. The van der Waals surface area contributed by atoms with Gasteiger partial charge in [0.1, 0.15) is 5.56 Å². The van der Waals surface area contributed by atoms with Gasteiger partial charge in [-0.05, 0) is 12.1 Å². The van der Waals surface area contributed by atoms with Gasteiger partial charge in [-0.3, -0.25) is 19.4 Å². The Kier molecular flexibility index (Phi) is 3.95. The van der Waals surface area contributed by atoms with Crippen molar-refractivity contribution in [1.29, 1.82) is 0 Å². The molecule has 100 valence electrons. The van der Waals surface area contributed by atoms with Crippen molar-refractivity contribution in [1.82, 2.24) is 9.78 Å². The van der Waals surface area contributed by atoms with Crippen molar-refractivity contribution in [2.24, 2.45) is 7.05 Å². The summed E-state index contributed by atoms with van der Waals surface area (Å²) in [6, 6.07) is 7.84. The van der Waals surface area contributed by atoms with Crippen LogP contribution in [0.2, 0.25) is 0 Å². The molecule has 0 fully saturated rings. The third-order valence-electron chi connectivity index (χ3n) is 2.72. The molecule has 1 aromatic heterocycles. The first-order valence-electron chi connectivity index (χ1n) is 6.04. The molecule has 0 aliphatic rings. The van der Waals surface area contributed by atoms with Gasteiger partial charge in [0.2, 0.25) is 0 Å². The van der Waals surface area contributed by atoms with Crippen LogP contribution in [0.4, 0.5) is 0 Å². The zero-order chi connectivity index (χ0) is 14.0. The second-order valence-corrected chi connectivity index (χ2v) is 6.22.